The summed E-state index contributed by atoms with van der Waals surface area (Å²) in [6, 6.07) is 10.2. The SMILES string of the molecule is NCC(F)(F)CNC(=O)c1cccc(NC(=O)CCCc2cccs2)c1. The van der Waals surface area contributed by atoms with Crippen LogP contribution in [0.25, 0.3) is 0 Å². The van der Waals surface area contributed by atoms with Gasteiger partial charge in [-0.05, 0) is 42.5 Å². The molecule has 2 amide bonds. The smallest absolute Gasteiger partial charge is 0.277 e. The van der Waals surface area contributed by atoms with Crippen molar-refractivity contribution in [2.24, 2.45) is 5.73 Å². The van der Waals surface area contributed by atoms with Gasteiger partial charge in [-0.3, -0.25) is 9.59 Å². The monoisotopic (exact) mass is 381 g/mol. The molecule has 1 aromatic heterocycles. The molecule has 1 heterocycles. The highest BCUT2D eigenvalue weighted by atomic mass is 32.1. The van der Waals surface area contributed by atoms with Gasteiger partial charge < -0.3 is 16.4 Å². The molecule has 0 unspecified atom stereocenters. The number of aryl methyl sites for hydroxylation is 1. The molecular weight excluding hydrogens is 360 g/mol. The van der Waals surface area contributed by atoms with Crippen molar-refractivity contribution < 1.29 is 18.4 Å². The number of rotatable bonds is 9. The molecule has 140 valence electrons. The summed E-state index contributed by atoms with van der Waals surface area (Å²) in [5.74, 6) is -3.95. The highest BCUT2D eigenvalue weighted by molar-refractivity contribution is 7.09. The van der Waals surface area contributed by atoms with Crippen molar-refractivity contribution in [3.63, 3.8) is 0 Å². The molecule has 0 aliphatic rings. The second-order valence-corrected chi connectivity index (χ2v) is 6.84. The highest BCUT2D eigenvalue weighted by Gasteiger charge is 2.27. The van der Waals surface area contributed by atoms with Crippen LogP contribution in [0.2, 0.25) is 0 Å². The van der Waals surface area contributed by atoms with Crippen LogP contribution in [0.4, 0.5) is 14.5 Å². The van der Waals surface area contributed by atoms with Crippen molar-refractivity contribution in [3.8, 4) is 0 Å². The summed E-state index contributed by atoms with van der Waals surface area (Å²) in [5.41, 5.74) is 5.57. The lowest BCUT2D eigenvalue weighted by molar-refractivity contribution is -0.116. The Bertz CT molecular complexity index is 736. The van der Waals surface area contributed by atoms with E-state index in [0.29, 0.717) is 12.1 Å². The molecule has 26 heavy (non-hydrogen) atoms. The first-order valence-corrected chi connectivity index (χ1v) is 9.06. The molecule has 0 spiro atoms. The Balaban J connectivity index is 1.83. The van der Waals surface area contributed by atoms with Crippen molar-refractivity contribution in [2.75, 3.05) is 18.4 Å². The molecule has 2 aromatic rings. The molecule has 1 aromatic carbocycles. The van der Waals surface area contributed by atoms with Crippen LogP contribution in [0.1, 0.15) is 28.1 Å². The summed E-state index contributed by atoms with van der Waals surface area (Å²) in [7, 11) is 0. The van der Waals surface area contributed by atoms with E-state index in [4.69, 9.17) is 5.73 Å². The molecular formula is C18H21F2N3O2S. The molecule has 8 heteroatoms. The number of nitrogens with two attached hydrogens (primary N) is 1. The zero-order valence-electron chi connectivity index (χ0n) is 14.1. The summed E-state index contributed by atoms with van der Waals surface area (Å²) >= 11 is 1.65. The van der Waals surface area contributed by atoms with Crippen molar-refractivity contribution >= 4 is 28.8 Å². The minimum absolute atomic E-state index is 0.159. The standard InChI is InChI=1S/C18H21F2N3O2S/c19-18(20,11-21)12-22-17(25)13-4-1-5-14(10-13)23-16(24)8-2-6-15-7-3-9-26-15/h1,3-5,7,9-10H,2,6,8,11-12,21H2,(H,22,25)(H,23,24). The van der Waals surface area contributed by atoms with Gasteiger partial charge in [0.1, 0.15) is 0 Å². The van der Waals surface area contributed by atoms with Crippen LogP contribution >= 0.6 is 11.3 Å². The molecule has 0 atom stereocenters. The Hall–Kier alpha value is -2.32. The van der Waals surface area contributed by atoms with E-state index in [9.17, 15) is 18.4 Å². The number of thiophene rings is 1. The fourth-order valence-corrected chi connectivity index (χ4v) is 2.97. The minimum Gasteiger partial charge on any atom is -0.346 e. The molecule has 0 aliphatic heterocycles. The van der Waals surface area contributed by atoms with Gasteiger partial charge in [-0.1, -0.05) is 12.1 Å². The number of alkyl halides is 2. The Morgan fingerprint density at radius 2 is 2.00 bits per heavy atom. The third kappa shape index (κ3) is 6.53. The molecule has 0 fully saturated rings. The van der Waals surface area contributed by atoms with Gasteiger partial charge in [-0.25, -0.2) is 8.78 Å². The van der Waals surface area contributed by atoms with Gasteiger partial charge in [-0.2, -0.15) is 0 Å². The van der Waals surface area contributed by atoms with Crippen LogP contribution in [-0.2, 0) is 11.2 Å². The quantitative estimate of drug-likeness (QED) is 0.624. The Kier molecular flexibility index (Phi) is 7.23. The van der Waals surface area contributed by atoms with Crippen molar-refractivity contribution in [3.05, 3.63) is 52.2 Å². The van der Waals surface area contributed by atoms with Gasteiger partial charge in [0.25, 0.3) is 11.8 Å². The number of amides is 2. The fourth-order valence-electron chi connectivity index (χ4n) is 2.22. The summed E-state index contributed by atoms with van der Waals surface area (Å²) < 4.78 is 26.2. The molecule has 0 aliphatic carbocycles. The second-order valence-electron chi connectivity index (χ2n) is 5.80. The van der Waals surface area contributed by atoms with E-state index >= 15 is 0 Å². The van der Waals surface area contributed by atoms with Crippen LogP contribution in [0.3, 0.4) is 0 Å². The molecule has 2 rings (SSSR count). The Labute approximate surface area is 154 Å². The maximum Gasteiger partial charge on any atom is 0.277 e. The zero-order valence-corrected chi connectivity index (χ0v) is 15.0. The normalized spacial score (nSPS) is 11.2. The van der Waals surface area contributed by atoms with Crippen LogP contribution in [0, 0.1) is 0 Å². The summed E-state index contributed by atoms with van der Waals surface area (Å²) in [6.45, 7) is -1.67. The first-order chi connectivity index (χ1) is 12.4. The predicted molar refractivity (Wildman–Crippen MR) is 98.7 cm³/mol. The topological polar surface area (TPSA) is 84.2 Å². The maximum absolute atomic E-state index is 13.1. The third-order valence-corrected chi connectivity index (χ3v) is 4.56. The highest BCUT2D eigenvalue weighted by Crippen LogP contribution is 2.15. The van der Waals surface area contributed by atoms with Gasteiger partial charge in [0.15, 0.2) is 0 Å². The van der Waals surface area contributed by atoms with E-state index in [1.54, 1.807) is 23.5 Å². The number of anilines is 1. The van der Waals surface area contributed by atoms with Gasteiger partial charge in [0, 0.05) is 22.5 Å². The molecule has 0 saturated heterocycles. The lowest BCUT2D eigenvalue weighted by Crippen LogP contribution is -2.41. The average molecular weight is 381 g/mol. The number of hydrogen-bond acceptors (Lipinski definition) is 4. The predicted octanol–water partition coefficient (Wildman–Crippen LogP) is 3.03. The van der Waals surface area contributed by atoms with Gasteiger partial charge >= 0.3 is 0 Å². The minimum atomic E-state index is -3.15. The lowest BCUT2D eigenvalue weighted by Gasteiger charge is -2.14. The van der Waals surface area contributed by atoms with E-state index in [2.05, 4.69) is 10.6 Å². The number of halogens is 2. The Morgan fingerprint density at radius 1 is 1.19 bits per heavy atom. The number of carbonyl (C=O) groups excluding carboxylic acids is 2. The fraction of sp³-hybridized carbons (Fsp3) is 0.333. The van der Waals surface area contributed by atoms with Crippen molar-refractivity contribution in [1.29, 1.82) is 0 Å². The molecule has 0 radical (unpaired) electrons. The van der Waals surface area contributed by atoms with E-state index in [1.165, 1.54) is 17.0 Å². The van der Waals surface area contributed by atoms with Crippen LogP contribution < -0.4 is 16.4 Å². The number of carbonyl (C=O) groups is 2. The molecule has 0 bridgehead atoms. The van der Waals surface area contributed by atoms with Crippen LogP contribution in [-0.4, -0.2) is 30.8 Å². The van der Waals surface area contributed by atoms with Gasteiger partial charge in [0.2, 0.25) is 5.91 Å². The first-order valence-electron chi connectivity index (χ1n) is 8.18. The molecule has 5 nitrogen and oxygen atoms in total. The van der Waals surface area contributed by atoms with Crippen LogP contribution in [0.5, 0.6) is 0 Å². The molecule has 4 N–H and O–H groups in total. The largest absolute Gasteiger partial charge is 0.346 e. The zero-order chi connectivity index (χ0) is 19.0. The van der Waals surface area contributed by atoms with Crippen LogP contribution in [0.15, 0.2) is 41.8 Å². The maximum atomic E-state index is 13.1. The van der Waals surface area contributed by atoms with Crippen molar-refractivity contribution in [1.82, 2.24) is 5.32 Å². The Morgan fingerprint density at radius 3 is 2.69 bits per heavy atom. The van der Waals surface area contributed by atoms with Gasteiger partial charge in [-0.15, -0.1) is 11.3 Å². The first kappa shape index (κ1) is 20.0. The van der Waals surface area contributed by atoms with E-state index < -0.39 is 24.9 Å². The third-order valence-electron chi connectivity index (χ3n) is 3.62. The van der Waals surface area contributed by atoms with E-state index in [-0.39, 0.29) is 11.5 Å². The van der Waals surface area contributed by atoms with E-state index in [0.717, 1.165) is 12.8 Å². The summed E-state index contributed by atoms with van der Waals surface area (Å²) in [5, 5.41) is 6.85. The van der Waals surface area contributed by atoms with E-state index in [1.807, 2.05) is 17.5 Å². The second kappa shape index (κ2) is 9.40. The average Bonchev–Trinajstić information content (AvgIpc) is 3.13. The number of benzene rings is 1. The number of nitrogens with one attached hydrogen (secondary N) is 2. The summed E-state index contributed by atoms with van der Waals surface area (Å²) in [6.07, 6.45) is 1.92. The lowest BCUT2D eigenvalue weighted by atomic mass is 10.1. The number of hydrogen-bond donors (Lipinski definition) is 3. The van der Waals surface area contributed by atoms with Crippen molar-refractivity contribution in [2.45, 2.75) is 25.2 Å². The molecule has 0 saturated carbocycles. The van der Waals surface area contributed by atoms with Gasteiger partial charge in [0.05, 0.1) is 13.1 Å². The summed E-state index contributed by atoms with van der Waals surface area (Å²) in [4.78, 5) is 25.2.